The molecule has 1 atom stereocenters. The molecule has 1 aromatic heterocycles. The van der Waals surface area contributed by atoms with Crippen molar-refractivity contribution in [2.75, 3.05) is 18.4 Å². The molecular weight excluding hydrogens is 270 g/mol. The Morgan fingerprint density at radius 1 is 1.24 bits per heavy atom. The van der Waals surface area contributed by atoms with E-state index in [4.69, 9.17) is 4.42 Å². The molecule has 0 radical (unpaired) electrons. The lowest BCUT2D eigenvalue weighted by Gasteiger charge is -2.29. The quantitative estimate of drug-likeness (QED) is 0.825. The van der Waals surface area contributed by atoms with E-state index in [0.717, 1.165) is 25.9 Å². The van der Waals surface area contributed by atoms with Crippen molar-refractivity contribution in [3.8, 4) is 0 Å². The molecule has 0 saturated carbocycles. The minimum atomic E-state index is -0.352. The predicted octanol–water partition coefficient (Wildman–Crippen LogP) is 1.38. The van der Waals surface area contributed by atoms with Gasteiger partial charge in [0.05, 0.1) is 6.54 Å². The molecule has 118 valence electrons. The van der Waals surface area contributed by atoms with E-state index in [0.29, 0.717) is 24.5 Å². The van der Waals surface area contributed by atoms with Gasteiger partial charge in [-0.2, -0.15) is 0 Å². The van der Waals surface area contributed by atoms with E-state index in [-0.39, 0.29) is 11.9 Å². The third-order valence-electron chi connectivity index (χ3n) is 3.51. The number of aromatic nitrogens is 2. The second-order valence-electron chi connectivity index (χ2n) is 5.79. The van der Waals surface area contributed by atoms with Gasteiger partial charge in [-0.15, -0.1) is 5.10 Å². The van der Waals surface area contributed by atoms with Crippen LogP contribution in [0.1, 0.15) is 45.9 Å². The van der Waals surface area contributed by atoms with E-state index < -0.39 is 0 Å². The number of rotatable bonds is 6. The lowest BCUT2D eigenvalue weighted by molar-refractivity contribution is -0.132. The third-order valence-corrected chi connectivity index (χ3v) is 3.51. The highest BCUT2D eigenvalue weighted by Crippen LogP contribution is 2.12. The van der Waals surface area contributed by atoms with E-state index in [1.807, 2.05) is 11.8 Å². The van der Waals surface area contributed by atoms with Crippen molar-refractivity contribution < 1.29 is 9.21 Å². The number of piperidine rings is 1. The lowest BCUT2D eigenvalue weighted by Crippen LogP contribution is -2.43. The Morgan fingerprint density at radius 3 is 2.62 bits per heavy atom. The van der Waals surface area contributed by atoms with E-state index in [1.54, 1.807) is 0 Å². The summed E-state index contributed by atoms with van der Waals surface area (Å²) in [6, 6.07) is 0.302. The Labute approximate surface area is 125 Å². The summed E-state index contributed by atoms with van der Waals surface area (Å²) in [6.45, 7) is 8.15. The van der Waals surface area contributed by atoms with Crippen LogP contribution in [0.25, 0.3) is 0 Å². The fourth-order valence-corrected chi connectivity index (χ4v) is 2.31. The second-order valence-corrected chi connectivity index (χ2v) is 5.79. The molecular formula is C14H25N5O2. The maximum absolute atomic E-state index is 12.3. The number of nitrogens with one attached hydrogen (secondary N) is 2. The third kappa shape index (κ3) is 4.70. The highest BCUT2D eigenvalue weighted by atomic mass is 16.4. The molecule has 7 heteroatoms. The Morgan fingerprint density at radius 2 is 1.95 bits per heavy atom. The summed E-state index contributed by atoms with van der Waals surface area (Å²) in [5.74, 6) is 0.610. The Balaban J connectivity index is 1.84. The van der Waals surface area contributed by atoms with Crippen LogP contribution in [-0.4, -0.2) is 46.2 Å². The first-order valence-corrected chi connectivity index (χ1v) is 7.67. The van der Waals surface area contributed by atoms with Crippen molar-refractivity contribution in [3.63, 3.8) is 0 Å². The monoisotopic (exact) mass is 295 g/mol. The van der Waals surface area contributed by atoms with Gasteiger partial charge in [0.25, 0.3) is 0 Å². The summed E-state index contributed by atoms with van der Waals surface area (Å²) in [5, 5.41) is 14.1. The van der Waals surface area contributed by atoms with E-state index >= 15 is 0 Å². The number of likely N-dealkylation sites (tertiary alicyclic amines) is 1. The van der Waals surface area contributed by atoms with Gasteiger partial charge in [0.2, 0.25) is 11.8 Å². The highest BCUT2D eigenvalue weighted by molar-refractivity contribution is 5.83. The van der Waals surface area contributed by atoms with Crippen LogP contribution in [0.3, 0.4) is 0 Å². The first-order chi connectivity index (χ1) is 10.1. The first-order valence-electron chi connectivity index (χ1n) is 7.67. The van der Waals surface area contributed by atoms with Crippen molar-refractivity contribution in [1.82, 2.24) is 20.4 Å². The van der Waals surface area contributed by atoms with Crippen LogP contribution in [0.2, 0.25) is 0 Å². The number of carbonyl (C=O) groups is 1. The predicted molar refractivity (Wildman–Crippen MR) is 79.8 cm³/mol. The van der Waals surface area contributed by atoms with Gasteiger partial charge in [0, 0.05) is 19.1 Å². The zero-order valence-corrected chi connectivity index (χ0v) is 13.1. The second kappa shape index (κ2) is 7.40. The van der Waals surface area contributed by atoms with E-state index in [9.17, 15) is 4.79 Å². The van der Waals surface area contributed by atoms with Crippen molar-refractivity contribution in [2.45, 2.75) is 58.7 Å². The Hall–Kier alpha value is -1.63. The molecule has 1 aliphatic heterocycles. The number of nitrogens with zero attached hydrogens (tertiary/aromatic N) is 3. The molecule has 2 rings (SSSR count). The minimum Gasteiger partial charge on any atom is -0.407 e. The summed E-state index contributed by atoms with van der Waals surface area (Å²) in [4.78, 5) is 14.2. The molecule has 0 bridgehead atoms. The summed E-state index contributed by atoms with van der Waals surface area (Å²) < 4.78 is 5.48. The molecule has 2 heterocycles. The topological polar surface area (TPSA) is 83.3 Å². The SMILES string of the molecule is CC(C)NCc1nnc(NC(C)C(=O)N2CCCCC2)o1. The Kier molecular flexibility index (Phi) is 5.55. The van der Waals surface area contributed by atoms with Gasteiger partial charge in [-0.1, -0.05) is 18.9 Å². The average Bonchev–Trinajstić information content (AvgIpc) is 2.92. The summed E-state index contributed by atoms with van der Waals surface area (Å²) in [7, 11) is 0. The van der Waals surface area contributed by atoms with Crippen LogP contribution in [0.4, 0.5) is 6.01 Å². The number of anilines is 1. The van der Waals surface area contributed by atoms with E-state index in [2.05, 4.69) is 34.7 Å². The van der Waals surface area contributed by atoms with Crippen LogP contribution in [0.5, 0.6) is 0 Å². The van der Waals surface area contributed by atoms with E-state index in [1.165, 1.54) is 6.42 Å². The highest BCUT2D eigenvalue weighted by Gasteiger charge is 2.23. The summed E-state index contributed by atoms with van der Waals surface area (Å²) >= 11 is 0. The molecule has 1 fully saturated rings. The van der Waals surface area contributed by atoms with Crippen LogP contribution in [-0.2, 0) is 11.3 Å². The lowest BCUT2D eigenvalue weighted by atomic mass is 10.1. The summed E-state index contributed by atoms with van der Waals surface area (Å²) in [5.41, 5.74) is 0. The zero-order chi connectivity index (χ0) is 15.2. The maximum atomic E-state index is 12.3. The van der Waals surface area contributed by atoms with Gasteiger partial charge in [-0.05, 0) is 26.2 Å². The zero-order valence-electron chi connectivity index (χ0n) is 13.1. The molecule has 1 amide bonds. The molecule has 1 unspecified atom stereocenters. The van der Waals surface area contributed by atoms with Crippen molar-refractivity contribution in [3.05, 3.63) is 5.89 Å². The van der Waals surface area contributed by atoms with Crippen LogP contribution < -0.4 is 10.6 Å². The van der Waals surface area contributed by atoms with Gasteiger partial charge in [0.15, 0.2) is 0 Å². The molecule has 0 spiro atoms. The number of hydrogen-bond donors (Lipinski definition) is 2. The van der Waals surface area contributed by atoms with Gasteiger partial charge in [-0.25, -0.2) is 0 Å². The average molecular weight is 295 g/mol. The van der Waals surface area contributed by atoms with Crippen molar-refractivity contribution >= 4 is 11.9 Å². The normalized spacial score (nSPS) is 17.0. The molecule has 7 nitrogen and oxygen atoms in total. The number of carbonyl (C=O) groups excluding carboxylic acids is 1. The molecule has 1 saturated heterocycles. The number of amides is 1. The molecule has 1 aliphatic rings. The fourth-order valence-electron chi connectivity index (χ4n) is 2.31. The number of hydrogen-bond acceptors (Lipinski definition) is 6. The van der Waals surface area contributed by atoms with Gasteiger partial charge in [-0.3, -0.25) is 4.79 Å². The van der Waals surface area contributed by atoms with Crippen LogP contribution in [0.15, 0.2) is 4.42 Å². The largest absolute Gasteiger partial charge is 0.407 e. The minimum absolute atomic E-state index is 0.0924. The fraction of sp³-hybridized carbons (Fsp3) is 0.786. The van der Waals surface area contributed by atoms with Crippen LogP contribution >= 0.6 is 0 Å². The van der Waals surface area contributed by atoms with Crippen LogP contribution in [0, 0.1) is 0 Å². The van der Waals surface area contributed by atoms with Gasteiger partial charge >= 0.3 is 6.01 Å². The van der Waals surface area contributed by atoms with Gasteiger partial charge in [0.1, 0.15) is 6.04 Å². The summed E-state index contributed by atoms with van der Waals surface area (Å²) in [6.07, 6.45) is 3.38. The molecule has 2 N–H and O–H groups in total. The van der Waals surface area contributed by atoms with Crippen molar-refractivity contribution in [2.24, 2.45) is 0 Å². The Bertz CT molecular complexity index is 454. The van der Waals surface area contributed by atoms with Crippen molar-refractivity contribution in [1.29, 1.82) is 0 Å². The molecule has 0 aromatic carbocycles. The molecule has 21 heavy (non-hydrogen) atoms. The molecule has 0 aliphatic carbocycles. The first kappa shape index (κ1) is 15.8. The molecule has 1 aromatic rings. The standard InChI is InChI=1S/C14H25N5O2/c1-10(2)15-9-12-17-18-14(21-12)16-11(3)13(20)19-7-5-4-6-8-19/h10-11,15H,4-9H2,1-3H3,(H,16,18). The maximum Gasteiger partial charge on any atom is 0.316 e. The smallest absolute Gasteiger partial charge is 0.316 e. The van der Waals surface area contributed by atoms with Gasteiger partial charge < -0.3 is 20.0 Å².